The zero-order valence-corrected chi connectivity index (χ0v) is 62.4. The Kier molecular flexibility index (Phi) is 30.4. The minimum absolute atomic E-state index is 0. The highest BCUT2D eigenvalue weighted by atomic mass is 35.7. The van der Waals surface area contributed by atoms with E-state index >= 15 is 0 Å². The number of nitrogens with one attached hydrogen (secondary N) is 2. The summed E-state index contributed by atoms with van der Waals surface area (Å²) in [4.78, 5) is 78.7. The molecule has 3 saturated heterocycles. The first-order valence-electron chi connectivity index (χ1n) is 31.4. The maximum absolute atomic E-state index is 14.2. The Labute approximate surface area is 607 Å². The summed E-state index contributed by atoms with van der Waals surface area (Å²) in [6, 6.07) is 29.7. The molecule has 6 atom stereocenters. The van der Waals surface area contributed by atoms with Crippen LogP contribution >= 0.6 is 23.1 Å². The zero-order valence-electron chi connectivity index (χ0n) is 58.4. The van der Waals surface area contributed by atoms with Gasteiger partial charge in [-0.15, -0.1) is 12.4 Å². The smallest absolute Gasteiger partial charge is 0.407 e. The molecule has 0 aliphatic carbocycles. The number of nitrogens with zero attached hydrogens (tertiary/aromatic N) is 6. The molecule has 36 heteroatoms. The molecular weight excluding hydrogens is 1460 g/mol. The Balaban J connectivity index is 0.000000269. The summed E-state index contributed by atoms with van der Waals surface area (Å²) in [6.45, 7) is 15.8. The number of benzene rings is 3. The number of likely N-dealkylation sites (tertiary alicyclic amines) is 3. The molecule has 5 N–H and O–H groups in total. The summed E-state index contributed by atoms with van der Waals surface area (Å²) in [5.74, 6) is 0.692. The molecule has 103 heavy (non-hydrogen) atoms. The lowest BCUT2D eigenvalue weighted by Crippen LogP contribution is -2.32. The number of β-amino-alcohol motifs (C(OH)–C–C–N with tert-alkyl or cyclic N) is 1. The molecule has 5 amide bonds. The summed E-state index contributed by atoms with van der Waals surface area (Å²) in [5, 5.41) is 14.9. The number of aryl methyl sites for hydroxylation is 3. The largest absolute Gasteiger partial charge is 0.444 e. The predicted octanol–water partition coefficient (Wildman–Crippen LogP) is 9.09. The highest BCUT2D eigenvalue weighted by Crippen LogP contribution is 2.30. The Morgan fingerprint density at radius 2 is 0.816 bits per heavy atom. The number of aromatic nitrogens is 3. The Morgan fingerprint density at radius 1 is 0.515 bits per heavy atom. The number of hydrogen-bond donors (Lipinski definition) is 4. The van der Waals surface area contributed by atoms with Gasteiger partial charge in [0.05, 0.1) is 51.5 Å². The van der Waals surface area contributed by atoms with Crippen molar-refractivity contribution in [3.05, 3.63) is 160 Å². The van der Waals surface area contributed by atoms with Gasteiger partial charge >= 0.3 is 12.2 Å². The van der Waals surface area contributed by atoms with Gasteiger partial charge in [0, 0.05) is 88.8 Å². The van der Waals surface area contributed by atoms with Gasteiger partial charge in [0.15, 0.2) is 0 Å². The molecule has 0 spiro atoms. The number of aliphatic hydroxyl groups excluding tert-OH is 1. The van der Waals surface area contributed by atoms with Crippen molar-refractivity contribution in [1.29, 1.82) is 0 Å². The molecule has 0 radical (unpaired) electrons. The fourth-order valence-corrected chi connectivity index (χ4v) is 11.2. The third-order valence-electron chi connectivity index (χ3n) is 13.9. The maximum atomic E-state index is 14.2. The number of alkyl carbamates (subject to hydrolysis) is 2. The Morgan fingerprint density at radius 3 is 1.11 bits per heavy atom. The molecule has 28 nitrogen and oxygen atoms in total. The van der Waals surface area contributed by atoms with Crippen LogP contribution in [-0.4, -0.2) is 196 Å². The number of amides is 5. The lowest BCUT2D eigenvalue weighted by Gasteiger charge is -2.19. The molecule has 3 aromatic carbocycles. The summed E-state index contributed by atoms with van der Waals surface area (Å²) in [5.41, 5.74) is 9.76. The summed E-state index contributed by atoms with van der Waals surface area (Å²) < 4.78 is 143. The zero-order chi connectivity index (χ0) is 75.8. The van der Waals surface area contributed by atoms with Crippen molar-refractivity contribution >= 4 is 82.3 Å². The normalized spacial score (nSPS) is 18.1. The van der Waals surface area contributed by atoms with Crippen molar-refractivity contribution in [2.24, 2.45) is 5.73 Å². The average molecular weight is 1540 g/mol. The van der Waals surface area contributed by atoms with E-state index in [0.717, 1.165) is 41.2 Å². The van der Waals surface area contributed by atoms with Crippen molar-refractivity contribution in [3.8, 4) is 34.9 Å². The predicted molar refractivity (Wildman–Crippen MR) is 376 cm³/mol. The lowest BCUT2D eigenvalue weighted by atomic mass is 10.2. The number of halogens is 5. The van der Waals surface area contributed by atoms with Crippen LogP contribution in [0.5, 0.6) is 34.9 Å². The molecule has 6 aromatic rings. The molecule has 0 saturated carbocycles. The second-order valence-corrected chi connectivity index (χ2v) is 32.0. The number of ether oxygens (including phenoxy) is 5. The highest BCUT2D eigenvalue weighted by molar-refractivity contribution is 8.13. The molecule has 9 rings (SSSR count). The van der Waals surface area contributed by atoms with Gasteiger partial charge in [-0.2, -0.15) is 16.8 Å². The minimum Gasteiger partial charge on any atom is -0.444 e. The third kappa shape index (κ3) is 30.0. The van der Waals surface area contributed by atoms with Gasteiger partial charge in [0.25, 0.3) is 38.0 Å². The van der Waals surface area contributed by atoms with Crippen LogP contribution in [0.15, 0.2) is 109 Å². The second-order valence-electron chi connectivity index (χ2n) is 25.8. The minimum atomic E-state index is -3.85. The number of pyridine rings is 3. The molecule has 0 bridgehead atoms. The van der Waals surface area contributed by atoms with Crippen LogP contribution in [0.4, 0.5) is 22.8 Å². The van der Waals surface area contributed by atoms with Crippen LogP contribution in [-0.2, 0) is 66.8 Å². The van der Waals surface area contributed by atoms with Crippen molar-refractivity contribution < 1.29 is 99.6 Å². The van der Waals surface area contributed by atoms with Gasteiger partial charge < -0.3 is 59.9 Å². The first-order chi connectivity index (χ1) is 47.3. The van der Waals surface area contributed by atoms with E-state index in [9.17, 15) is 67.5 Å². The van der Waals surface area contributed by atoms with Gasteiger partial charge in [0.2, 0.25) is 26.7 Å². The average Bonchev–Trinajstić information content (AvgIpc) is 1.74. The topological polar surface area (TPSA) is 371 Å². The summed E-state index contributed by atoms with van der Waals surface area (Å²) in [7, 11) is -6.37. The van der Waals surface area contributed by atoms with E-state index in [0.29, 0.717) is 52.5 Å². The number of nitrogens with two attached hydrogens (primary N) is 1. The van der Waals surface area contributed by atoms with Crippen LogP contribution in [0.1, 0.15) is 106 Å². The Bertz CT molecular complexity index is 4310. The molecule has 564 valence electrons. The van der Waals surface area contributed by atoms with Crippen molar-refractivity contribution in [2.45, 2.75) is 130 Å². The molecule has 0 unspecified atom stereocenters. The first-order valence-corrected chi connectivity index (χ1v) is 37.7. The molecule has 6 heterocycles. The summed E-state index contributed by atoms with van der Waals surface area (Å²) in [6.07, 6.45) is -6.72. The van der Waals surface area contributed by atoms with Crippen molar-refractivity contribution in [3.63, 3.8) is 0 Å². The van der Waals surface area contributed by atoms with Gasteiger partial charge in [-0.05, 0) is 152 Å². The number of rotatable bonds is 18. The van der Waals surface area contributed by atoms with E-state index in [1.165, 1.54) is 26.8 Å². The molecule has 3 fully saturated rings. The van der Waals surface area contributed by atoms with Crippen molar-refractivity contribution in [1.82, 2.24) is 40.3 Å². The number of aliphatic hydroxyl groups is 1. The summed E-state index contributed by atoms with van der Waals surface area (Å²) >= 11 is 0. The maximum Gasteiger partial charge on any atom is 0.407 e. The third-order valence-corrected chi connectivity index (χ3v) is 15.1. The number of alkyl halides is 3. The highest BCUT2D eigenvalue weighted by Gasteiger charge is 2.40. The van der Waals surface area contributed by atoms with Crippen LogP contribution in [0.25, 0.3) is 0 Å². The number of carbonyl (C=O) groups excluding carboxylic acids is 5. The van der Waals surface area contributed by atoms with Crippen LogP contribution in [0.3, 0.4) is 0 Å². The first kappa shape index (κ1) is 85.2. The quantitative estimate of drug-likeness (QED) is 0.0460. The molecule has 3 aliphatic rings. The Hall–Kier alpha value is -8.48. The van der Waals surface area contributed by atoms with Gasteiger partial charge in [-0.1, -0.05) is 18.2 Å². The SMILES string of the molecule is CS(=O)(=O)Cl.Cc1cc(CN)cc(Oc2cccc(C(=O)N3C[C@@H](F)[C@H](OS(C)(=O)=O)C3)c2)n1.Cc1cc(CNC(=O)OC(C)(C)C)cc(Oc2cccc(C(=O)N3C[C@@H](F)[C@H](OS(C)(=O)=O)C3)c2)n1.Cc1cc(CNC(=O)OC(C)(C)C)cc(Oc2cccc(C(=O)N3C[C@@H](O)[C@H](F)C3)c2)n1.Cl. The van der Waals surface area contributed by atoms with E-state index in [2.05, 4.69) is 36.3 Å². The van der Waals surface area contributed by atoms with E-state index in [-0.39, 0.29) is 87.7 Å². The van der Waals surface area contributed by atoms with Crippen LogP contribution < -0.4 is 30.6 Å². The fourth-order valence-electron chi connectivity index (χ4n) is 9.91. The van der Waals surface area contributed by atoms with E-state index < -0.39 is 101 Å². The standard InChI is InChI=1S/C24H30FN3O7S.C23H28FN3O5.C19H22FN3O5S.CH3ClO2S.ClH/c1-15-9-16(12-26-23(30)34-24(2,3)4)10-21(27-15)33-18-8-6-7-17(11-18)22(29)28-13-19(25)20(14-28)35-36(5,31)32;1-14-8-15(11-25-22(30)32-23(2,3)4)9-20(26-14)31-17-7-5-6-16(10-17)21(29)27-12-18(24)19(28)13-27;1-12-6-13(9-21)7-18(22-12)27-15-5-3-4-14(8-15)19(24)23-10-16(20)17(11-23)28-29(2,25)26;1-5(2,3)4;/h6-11,19-20H,12-14H2,1-5H3,(H,26,30);5-10,18-19,28H,11-13H2,1-4H3,(H,25,30);3-8,16-17H,9-11,21H2,1-2H3;1H3;1H/t19-,20-;18-,19-;16-,17-;;/m111../s1. The number of hydrogen-bond acceptors (Lipinski definition) is 23. The number of carbonyl (C=O) groups is 5. The van der Waals surface area contributed by atoms with Crippen molar-refractivity contribution in [2.75, 3.05) is 58.0 Å². The molecule has 3 aliphatic heterocycles. The second kappa shape index (κ2) is 36.8. The fraction of sp³-hybridized carbons (Fsp3) is 0.433. The molecule has 3 aromatic heterocycles. The monoisotopic (exact) mass is 1540 g/mol. The van der Waals surface area contributed by atoms with Gasteiger partial charge in [-0.25, -0.2) is 46.1 Å². The van der Waals surface area contributed by atoms with Gasteiger partial charge in [0.1, 0.15) is 65.3 Å². The van der Waals surface area contributed by atoms with Gasteiger partial charge in [-0.3, -0.25) is 22.7 Å². The van der Waals surface area contributed by atoms with E-state index in [1.54, 1.807) is 140 Å². The van der Waals surface area contributed by atoms with Crippen LogP contribution in [0, 0.1) is 20.8 Å². The molecular formula is C67H84Cl2F3N9O19S3. The van der Waals surface area contributed by atoms with Crippen LogP contribution in [0.2, 0.25) is 0 Å². The van der Waals surface area contributed by atoms with E-state index in [1.807, 2.05) is 19.1 Å². The lowest BCUT2D eigenvalue weighted by molar-refractivity contribution is 0.0512. The van der Waals surface area contributed by atoms with E-state index in [4.69, 9.17) is 37.8 Å².